The molecule has 3 aromatic rings. The molecule has 1 atom stereocenters. The summed E-state index contributed by atoms with van der Waals surface area (Å²) in [5.41, 5.74) is 5.12. The van der Waals surface area contributed by atoms with Crippen LogP contribution in [0, 0.1) is 0 Å². The molecule has 1 aliphatic rings. The molecule has 2 heterocycles. The monoisotopic (exact) mass is 422 g/mol. The number of nitrogens with one attached hydrogen (secondary N) is 1. The maximum Gasteiger partial charge on any atom is 0.305 e. The minimum Gasteiger partial charge on any atom is -0.497 e. The molecule has 8 heteroatoms. The maximum absolute atomic E-state index is 13.1. The number of rotatable bonds is 6. The van der Waals surface area contributed by atoms with Crippen molar-refractivity contribution in [2.24, 2.45) is 0 Å². The number of ether oxygens (including phenoxy) is 3. The third-order valence-electron chi connectivity index (χ3n) is 5.21. The van der Waals surface area contributed by atoms with Crippen molar-refractivity contribution in [1.29, 1.82) is 0 Å². The lowest BCUT2D eigenvalue weighted by Crippen LogP contribution is -2.51. The van der Waals surface area contributed by atoms with E-state index >= 15 is 0 Å². The lowest BCUT2D eigenvalue weighted by molar-refractivity contribution is -0.136. The number of carbonyl (C=O) groups is 2. The van der Waals surface area contributed by atoms with E-state index in [0.29, 0.717) is 17.2 Å². The largest absolute Gasteiger partial charge is 0.497 e. The Labute approximate surface area is 179 Å². The lowest BCUT2D eigenvalue weighted by Gasteiger charge is -2.37. The average Bonchev–Trinajstić information content (AvgIpc) is 3.34. The Balaban J connectivity index is 1.81. The second-order valence-electron chi connectivity index (χ2n) is 6.94. The first kappa shape index (κ1) is 20.3. The summed E-state index contributed by atoms with van der Waals surface area (Å²) in [7, 11) is 4.68. The van der Waals surface area contributed by atoms with Crippen LogP contribution < -0.4 is 19.6 Å². The van der Waals surface area contributed by atoms with Gasteiger partial charge in [0, 0.05) is 0 Å². The first-order valence-electron chi connectivity index (χ1n) is 9.61. The third kappa shape index (κ3) is 3.79. The van der Waals surface area contributed by atoms with Crippen molar-refractivity contribution in [3.63, 3.8) is 0 Å². The van der Waals surface area contributed by atoms with Crippen molar-refractivity contribution in [3.8, 4) is 17.2 Å². The van der Waals surface area contributed by atoms with E-state index in [0.717, 1.165) is 16.7 Å². The third-order valence-corrected chi connectivity index (χ3v) is 5.21. The molecule has 0 radical (unpaired) electrons. The summed E-state index contributed by atoms with van der Waals surface area (Å²) in [6.07, 6.45) is 1.50. The molecule has 0 saturated carbocycles. The van der Waals surface area contributed by atoms with E-state index in [2.05, 4.69) is 5.43 Å². The van der Waals surface area contributed by atoms with Crippen LogP contribution in [0.3, 0.4) is 0 Å². The van der Waals surface area contributed by atoms with Gasteiger partial charge in [-0.15, -0.1) is 0 Å². The normalized spacial score (nSPS) is 15.3. The lowest BCUT2D eigenvalue weighted by atomic mass is 9.88. The highest BCUT2D eigenvalue weighted by molar-refractivity contribution is 5.94. The van der Waals surface area contributed by atoms with Gasteiger partial charge in [-0.3, -0.25) is 15.0 Å². The van der Waals surface area contributed by atoms with Gasteiger partial charge in [0.1, 0.15) is 11.8 Å². The molecular weight excluding hydrogens is 400 g/mol. The topological polar surface area (TPSA) is 90.2 Å². The summed E-state index contributed by atoms with van der Waals surface area (Å²) in [5, 5.41) is 1.33. The van der Waals surface area contributed by atoms with Crippen molar-refractivity contribution >= 4 is 11.8 Å². The number of nitrogens with zero attached hydrogens (tertiary/aromatic N) is 1. The van der Waals surface area contributed by atoms with Gasteiger partial charge in [-0.1, -0.05) is 12.1 Å². The highest BCUT2D eigenvalue weighted by atomic mass is 16.5. The number of carbonyl (C=O) groups excluding carboxylic acids is 2. The van der Waals surface area contributed by atoms with E-state index in [-0.39, 0.29) is 18.1 Å². The standard InChI is InChI=1S/C23H22N2O6/c1-28-16-8-6-14(7-9-16)22-17-13-20(30-3)19(29-2)11-15(17)12-21(26)25(22)24-23(27)18-5-4-10-31-18/h4-11,13,22H,12H2,1-3H3,(H,24,27). The Bertz CT molecular complexity index is 1090. The first-order chi connectivity index (χ1) is 15.0. The minimum absolute atomic E-state index is 0.0980. The van der Waals surface area contributed by atoms with E-state index in [4.69, 9.17) is 18.6 Å². The van der Waals surface area contributed by atoms with Crippen LogP contribution in [0.4, 0.5) is 0 Å². The summed E-state index contributed by atoms with van der Waals surface area (Å²) < 4.78 is 21.3. The second-order valence-corrected chi connectivity index (χ2v) is 6.94. The van der Waals surface area contributed by atoms with Gasteiger partial charge in [0.25, 0.3) is 0 Å². The Kier molecular flexibility index (Phi) is 5.53. The molecule has 0 aliphatic carbocycles. The predicted octanol–water partition coefficient (Wildman–Crippen LogP) is 3.12. The van der Waals surface area contributed by atoms with E-state index in [1.807, 2.05) is 18.2 Å². The Hall–Kier alpha value is -3.94. The van der Waals surface area contributed by atoms with Crippen LogP contribution in [-0.2, 0) is 11.2 Å². The minimum atomic E-state index is -0.583. The molecule has 0 bridgehead atoms. The van der Waals surface area contributed by atoms with Gasteiger partial charge in [-0.2, -0.15) is 0 Å². The van der Waals surface area contributed by atoms with Crippen molar-refractivity contribution in [2.75, 3.05) is 21.3 Å². The number of hydrogen-bond donors (Lipinski definition) is 1. The molecule has 1 aliphatic heterocycles. The van der Waals surface area contributed by atoms with Gasteiger partial charge in [0.05, 0.1) is 34.0 Å². The van der Waals surface area contributed by atoms with Crippen molar-refractivity contribution in [2.45, 2.75) is 12.5 Å². The number of fused-ring (bicyclic) bond motifs is 1. The van der Waals surface area contributed by atoms with Crippen LogP contribution in [0.5, 0.6) is 17.2 Å². The molecule has 160 valence electrons. The zero-order chi connectivity index (χ0) is 22.0. The molecule has 31 heavy (non-hydrogen) atoms. The smallest absolute Gasteiger partial charge is 0.305 e. The number of methoxy groups -OCH3 is 3. The Morgan fingerprint density at radius 2 is 1.74 bits per heavy atom. The fraction of sp³-hybridized carbons (Fsp3) is 0.217. The molecule has 4 rings (SSSR count). The van der Waals surface area contributed by atoms with Gasteiger partial charge in [0.2, 0.25) is 5.91 Å². The van der Waals surface area contributed by atoms with Crippen LogP contribution >= 0.6 is 0 Å². The van der Waals surface area contributed by atoms with Crippen molar-refractivity contribution in [1.82, 2.24) is 10.4 Å². The van der Waals surface area contributed by atoms with Crippen LogP contribution in [0.2, 0.25) is 0 Å². The van der Waals surface area contributed by atoms with Gasteiger partial charge < -0.3 is 18.6 Å². The second kappa shape index (κ2) is 8.43. The zero-order valence-corrected chi connectivity index (χ0v) is 17.4. The Morgan fingerprint density at radius 1 is 1.03 bits per heavy atom. The van der Waals surface area contributed by atoms with Gasteiger partial charge >= 0.3 is 5.91 Å². The quantitative estimate of drug-likeness (QED) is 0.657. The summed E-state index contributed by atoms with van der Waals surface area (Å²) in [6, 6.07) is 13.5. The van der Waals surface area contributed by atoms with Gasteiger partial charge in [0.15, 0.2) is 17.3 Å². The fourth-order valence-corrected chi connectivity index (χ4v) is 3.69. The number of benzene rings is 2. The molecule has 2 amide bonds. The van der Waals surface area contributed by atoms with E-state index in [9.17, 15) is 9.59 Å². The predicted molar refractivity (Wildman–Crippen MR) is 111 cm³/mol. The number of furan rings is 1. The zero-order valence-electron chi connectivity index (χ0n) is 17.4. The summed E-state index contributed by atoms with van der Waals surface area (Å²) in [5.74, 6) is 1.09. The van der Waals surface area contributed by atoms with Crippen LogP contribution in [0.1, 0.15) is 33.3 Å². The highest BCUT2D eigenvalue weighted by Gasteiger charge is 2.36. The maximum atomic E-state index is 13.1. The van der Waals surface area contributed by atoms with Gasteiger partial charge in [-0.05, 0) is 53.1 Å². The molecule has 8 nitrogen and oxygen atoms in total. The van der Waals surface area contributed by atoms with Crippen LogP contribution in [-0.4, -0.2) is 38.2 Å². The molecule has 0 spiro atoms. The van der Waals surface area contributed by atoms with E-state index in [1.165, 1.54) is 17.3 Å². The molecular formula is C23H22N2O6. The van der Waals surface area contributed by atoms with Crippen molar-refractivity contribution in [3.05, 3.63) is 77.2 Å². The number of amides is 2. The molecule has 1 unspecified atom stereocenters. The molecule has 0 saturated heterocycles. The summed E-state index contributed by atoms with van der Waals surface area (Å²) >= 11 is 0. The fourth-order valence-electron chi connectivity index (χ4n) is 3.69. The van der Waals surface area contributed by atoms with E-state index < -0.39 is 11.9 Å². The number of hydrazine groups is 1. The van der Waals surface area contributed by atoms with Crippen molar-refractivity contribution < 1.29 is 28.2 Å². The average molecular weight is 422 g/mol. The highest BCUT2D eigenvalue weighted by Crippen LogP contribution is 2.41. The molecule has 1 N–H and O–H groups in total. The Morgan fingerprint density at radius 3 is 2.35 bits per heavy atom. The summed E-state index contributed by atoms with van der Waals surface area (Å²) in [6.45, 7) is 0. The van der Waals surface area contributed by atoms with Crippen LogP contribution in [0.25, 0.3) is 0 Å². The van der Waals surface area contributed by atoms with Crippen LogP contribution in [0.15, 0.2) is 59.2 Å². The molecule has 0 fully saturated rings. The summed E-state index contributed by atoms with van der Waals surface area (Å²) in [4.78, 5) is 25.8. The first-order valence-corrected chi connectivity index (χ1v) is 9.61. The SMILES string of the molecule is COc1ccc(C2c3cc(OC)c(OC)cc3CC(=O)N2NC(=O)c2ccco2)cc1. The van der Waals surface area contributed by atoms with E-state index in [1.54, 1.807) is 45.6 Å². The van der Waals surface area contributed by atoms with Gasteiger partial charge in [-0.25, -0.2) is 5.01 Å². The molecule has 1 aromatic heterocycles. The number of hydrogen-bond acceptors (Lipinski definition) is 6. The molecule has 2 aromatic carbocycles.